The maximum atomic E-state index is 12.6. The normalized spacial score (nSPS) is 10.7. The lowest BCUT2D eigenvalue weighted by Crippen LogP contribution is -2.12. The number of oxazole rings is 1. The second kappa shape index (κ2) is 8.88. The molecule has 1 amide bonds. The highest BCUT2D eigenvalue weighted by Crippen LogP contribution is 2.24. The van der Waals surface area contributed by atoms with Gasteiger partial charge >= 0.3 is 0 Å². The molecule has 0 aliphatic heterocycles. The van der Waals surface area contributed by atoms with E-state index in [1.165, 1.54) is 0 Å². The molecule has 5 heteroatoms. The summed E-state index contributed by atoms with van der Waals surface area (Å²) in [6.45, 7) is 6.17. The van der Waals surface area contributed by atoms with Gasteiger partial charge in [0, 0.05) is 16.8 Å². The van der Waals surface area contributed by atoms with Crippen molar-refractivity contribution in [2.45, 2.75) is 27.4 Å². The van der Waals surface area contributed by atoms with E-state index in [0.29, 0.717) is 23.8 Å². The molecule has 0 bridgehead atoms. The summed E-state index contributed by atoms with van der Waals surface area (Å²) in [5.74, 6) is 1.85. The van der Waals surface area contributed by atoms with E-state index >= 15 is 0 Å². The lowest BCUT2D eigenvalue weighted by Gasteiger charge is -2.09. The van der Waals surface area contributed by atoms with Crippen LogP contribution in [-0.2, 0) is 6.61 Å². The maximum Gasteiger partial charge on any atom is 0.255 e. The summed E-state index contributed by atoms with van der Waals surface area (Å²) in [5.41, 5.74) is 5.06. The van der Waals surface area contributed by atoms with Crippen LogP contribution in [0.4, 0.5) is 5.69 Å². The number of nitrogens with zero attached hydrogens (tertiary/aromatic N) is 1. The van der Waals surface area contributed by atoms with E-state index in [2.05, 4.69) is 10.3 Å². The summed E-state index contributed by atoms with van der Waals surface area (Å²) in [4.78, 5) is 17.2. The average Bonchev–Trinajstić information content (AvgIpc) is 3.16. The minimum Gasteiger partial charge on any atom is -0.487 e. The van der Waals surface area contributed by atoms with Crippen LogP contribution >= 0.6 is 0 Å². The Kier molecular flexibility index (Phi) is 5.85. The number of aromatic nitrogens is 1. The van der Waals surface area contributed by atoms with Gasteiger partial charge in [0.15, 0.2) is 0 Å². The number of amides is 1. The van der Waals surface area contributed by atoms with Gasteiger partial charge in [-0.25, -0.2) is 4.98 Å². The van der Waals surface area contributed by atoms with Crippen LogP contribution < -0.4 is 10.1 Å². The standard InChI is InChI=1S/C26H24N2O3/c1-17-9-10-18(2)23(15-17)27-25(29)20-11-13-21(14-12-20)26-28-24(19(3)31-26)16-30-22-7-5-4-6-8-22/h4-15H,16H2,1-3H3,(H,27,29). The highest BCUT2D eigenvalue weighted by Gasteiger charge is 2.14. The van der Waals surface area contributed by atoms with E-state index in [9.17, 15) is 4.79 Å². The number of carbonyl (C=O) groups is 1. The molecule has 4 aromatic rings. The zero-order chi connectivity index (χ0) is 21.8. The minimum absolute atomic E-state index is 0.152. The van der Waals surface area contributed by atoms with Crippen molar-refractivity contribution in [3.63, 3.8) is 0 Å². The number of benzene rings is 3. The van der Waals surface area contributed by atoms with Crippen molar-refractivity contribution in [2.75, 3.05) is 5.32 Å². The first-order chi connectivity index (χ1) is 15.0. The van der Waals surface area contributed by atoms with Crippen LogP contribution in [0.1, 0.15) is 32.9 Å². The van der Waals surface area contributed by atoms with Crippen molar-refractivity contribution < 1.29 is 13.9 Å². The molecule has 0 saturated carbocycles. The lowest BCUT2D eigenvalue weighted by molar-refractivity contribution is 0.102. The molecule has 0 aliphatic rings. The molecule has 3 aromatic carbocycles. The van der Waals surface area contributed by atoms with Gasteiger partial charge in [0.05, 0.1) is 0 Å². The van der Waals surface area contributed by atoms with Gasteiger partial charge in [0.25, 0.3) is 5.91 Å². The molecule has 0 radical (unpaired) electrons. The van der Waals surface area contributed by atoms with Gasteiger partial charge in [0.2, 0.25) is 5.89 Å². The predicted octanol–water partition coefficient (Wildman–Crippen LogP) is 6.10. The summed E-state index contributed by atoms with van der Waals surface area (Å²) in [6.07, 6.45) is 0. The molecule has 0 unspecified atom stereocenters. The van der Waals surface area contributed by atoms with E-state index in [-0.39, 0.29) is 5.91 Å². The van der Waals surface area contributed by atoms with Crippen LogP contribution in [0.25, 0.3) is 11.5 Å². The van der Waals surface area contributed by atoms with Crippen molar-refractivity contribution in [3.8, 4) is 17.2 Å². The van der Waals surface area contributed by atoms with Crippen LogP contribution in [-0.4, -0.2) is 10.9 Å². The van der Waals surface area contributed by atoms with E-state index < -0.39 is 0 Å². The molecule has 0 atom stereocenters. The first kappa shape index (κ1) is 20.4. The van der Waals surface area contributed by atoms with Crippen LogP contribution in [0.15, 0.2) is 77.2 Å². The fourth-order valence-electron chi connectivity index (χ4n) is 3.18. The summed E-state index contributed by atoms with van der Waals surface area (Å²) in [6, 6.07) is 22.8. The first-order valence-corrected chi connectivity index (χ1v) is 10.1. The number of hydrogen-bond acceptors (Lipinski definition) is 4. The topological polar surface area (TPSA) is 64.4 Å². The third-order valence-corrected chi connectivity index (χ3v) is 5.05. The first-order valence-electron chi connectivity index (χ1n) is 10.1. The highest BCUT2D eigenvalue weighted by atomic mass is 16.5. The Balaban J connectivity index is 1.45. The quantitative estimate of drug-likeness (QED) is 0.416. The molecule has 4 rings (SSSR count). The molecule has 1 N–H and O–H groups in total. The number of rotatable bonds is 6. The molecule has 0 saturated heterocycles. The van der Waals surface area contributed by atoms with Crippen molar-refractivity contribution in [1.82, 2.24) is 4.98 Å². The van der Waals surface area contributed by atoms with Crippen LogP contribution in [0.2, 0.25) is 0 Å². The van der Waals surface area contributed by atoms with Crippen molar-refractivity contribution in [1.29, 1.82) is 0 Å². The Morgan fingerprint density at radius 3 is 2.45 bits per heavy atom. The van der Waals surface area contributed by atoms with E-state index in [1.54, 1.807) is 12.1 Å². The van der Waals surface area contributed by atoms with E-state index in [0.717, 1.165) is 33.8 Å². The Hall–Kier alpha value is -3.86. The Morgan fingerprint density at radius 2 is 1.71 bits per heavy atom. The average molecular weight is 412 g/mol. The van der Waals surface area contributed by atoms with Crippen molar-refractivity contribution >= 4 is 11.6 Å². The van der Waals surface area contributed by atoms with E-state index in [4.69, 9.17) is 9.15 Å². The number of anilines is 1. The summed E-state index contributed by atoms with van der Waals surface area (Å²) >= 11 is 0. The molecule has 1 aromatic heterocycles. The number of aryl methyl sites for hydroxylation is 3. The molecule has 0 fully saturated rings. The minimum atomic E-state index is -0.152. The second-order valence-corrected chi connectivity index (χ2v) is 7.47. The van der Waals surface area contributed by atoms with Gasteiger partial charge in [-0.2, -0.15) is 0 Å². The van der Waals surface area contributed by atoms with Crippen LogP contribution in [0.5, 0.6) is 5.75 Å². The number of ether oxygens (including phenoxy) is 1. The van der Waals surface area contributed by atoms with Crippen LogP contribution in [0.3, 0.4) is 0 Å². The van der Waals surface area contributed by atoms with Crippen LogP contribution in [0, 0.1) is 20.8 Å². The smallest absolute Gasteiger partial charge is 0.255 e. The molecule has 156 valence electrons. The molecule has 5 nitrogen and oxygen atoms in total. The zero-order valence-electron chi connectivity index (χ0n) is 17.8. The molecule has 31 heavy (non-hydrogen) atoms. The maximum absolute atomic E-state index is 12.6. The molecular formula is C26H24N2O3. The third-order valence-electron chi connectivity index (χ3n) is 5.05. The molecule has 1 heterocycles. The SMILES string of the molecule is Cc1ccc(C)c(NC(=O)c2ccc(-c3nc(COc4ccccc4)c(C)o3)cc2)c1. The van der Waals surface area contributed by atoms with Gasteiger partial charge in [0.1, 0.15) is 23.8 Å². The lowest BCUT2D eigenvalue weighted by atomic mass is 10.1. The Labute approximate surface area is 181 Å². The molecule has 0 aliphatic carbocycles. The Morgan fingerprint density at radius 1 is 0.968 bits per heavy atom. The third kappa shape index (κ3) is 4.83. The Bertz CT molecular complexity index is 1200. The zero-order valence-corrected chi connectivity index (χ0v) is 17.8. The van der Waals surface area contributed by atoms with E-state index in [1.807, 2.05) is 81.4 Å². The molecular weight excluding hydrogens is 388 g/mol. The van der Waals surface area contributed by atoms with Gasteiger partial charge in [-0.1, -0.05) is 30.3 Å². The monoisotopic (exact) mass is 412 g/mol. The highest BCUT2D eigenvalue weighted by molar-refractivity contribution is 6.04. The van der Waals surface area contributed by atoms with Gasteiger partial charge in [-0.3, -0.25) is 4.79 Å². The van der Waals surface area contributed by atoms with Crippen molar-refractivity contribution in [2.24, 2.45) is 0 Å². The summed E-state index contributed by atoms with van der Waals surface area (Å²) in [7, 11) is 0. The summed E-state index contributed by atoms with van der Waals surface area (Å²) in [5, 5.41) is 2.98. The number of hydrogen-bond donors (Lipinski definition) is 1. The largest absolute Gasteiger partial charge is 0.487 e. The van der Waals surface area contributed by atoms with Gasteiger partial charge < -0.3 is 14.5 Å². The second-order valence-electron chi connectivity index (χ2n) is 7.47. The molecule has 0 spiro atoms. The number of nitrogens with one attached hydrogen (secondary N) is 1. The summed E-state index contributed by atoms with van der Waals surface area (Å²) < 4.78 is 11.6. The number of carbonyl (C=O) groups excluding carboxylic acids is 1. The van der Waals surface area contributed by atoms with Crippen molar-refractivity contribution in [3.05, 3.63) is 101 Å². The number of para-hydroxylation sites is 1. The van der Waals surface area contributed by atoms with Gasteiger partial charge in [-0.15, -0.1) is 0 Å². The fraction of sp³-hybridized carbons (Fsp3) is 0.154. The predicted molar refractivity (Wildman–Crippen MR) is 121 cm³/mol. The van der Waals surface area contributed by atoms with Gasteiger partial charge in [-0.05, 0) is 74.4 Å². The fourth-order valence-corrected chi connectivity index (χ4v) is 3.18.